The number of carbonyl (C=O) groups excluding carboxylic acids is 1. The Labute approximate surface area is 95.8 Å². The molecule has 0 aliphatic heterocycles. The molecule has 0 unspecified atom stereocenters. The molecule has 3 heteroatoms. The second-order valence-electron chi connectivity index (χ2n) is 4.54. The number of pyridine rings is 1. The van der Waals surface area contributed by atoms with Gasteiger partial charge in [0, 0.05) is 0 Å². The predicted octanol–water partition coefficient (Wildman–Crippen LogP) is 2.85. The summed E-state index contributed by atoms with van der Waals surface area (Å²) in [6.07, 6.45) is 7.41. The van der Waals surface area contributed by atoms with Gasteiger partial charge in [-0.25, -0.2) is 4.98 Å². The van der Waals surface area contributed by atoms with Crippen LogP contribution >= 0.6 is 0 Å². The van der Waals surface area contributed by atoms with Crippen LogP contribution in [0.5, 0.6) is 5.75 Å². The Morgan fingerprint density at radius 1 is 1.31 bits per heavy atom. The largest absolute Gasteiger partial charge is 0.489 e. The molecule has 1 fully saturated rings. The van der Waals surface area contributed by atoms with Crippen molar-refractivity contribution in [1.29, 1.82) is 0 Å². The average molecular weight is 219 g/mol. The molecule has 1 aliphatic carbocycles. The number of ether oxygens (including phenoxy) is 1. The van der Waals surface area contributed by atoms with Gasteiger partial charge in [0.15, 0.2) is 6.29 Å². The van der Waals surface area contributed by atoms with Crippen LogP contribution in [0.2, 0.25) is 0 Å². The molecule has 0 aromatic carbocycles. The molecule has 3 nitrogen and oxygen atoms in total. The van der Waals surface area contributed by atoms with E-state index in [-0.39, 0.29) is 0 Å². The number of aldehydes is 1. The van der Waals surface area contributed by atoms with Gasteiger partial charge in [0.1, 0.15) is 11.4 Å². The number of aromatic nitrogens is 1. The maximum atomic E-state index is 10.4. The Hall–Kier alpha value is -1.38. The summed E-state index contributed by atoms with van der Waals surface area (Å²) >= 11 is 0. The van der Waals surface area contributed by atoms with Crippen LogP contribution in [0, 0.1) is 5.92 Å². The van der Waals surface area contributed by atoms with E-state index in [9.17, 15) is 4.79 Å². The molecule has 16 heavy (non-hydrogen) atoms. The van der Waals surface area contributed by atoms with Gasteiger partial charge in [-0.05, 0) is 43.7 Å². The van der Waals surface area contributed by atoms with E-state index in [0.29, 0.717) is 11.8 Å². The van der Waals surface area contributed by atoms with E-state index < -0.39 is 0 Å². The Morgan fingerprint density at radius 2 is 2.06 bits per heavy atom. The minimum Gasteiger partial charge on any atom is -0.489 e. The first-order valence-corrected chi connectivity index (χ1v) is 5.86. The minimum absolute atomic E-state index is 0.320. The molecule has 0 radical (unpaired) electrons. The molecule has 1 heterocycles. The van der Waals surface area contributed by atoms with E-state index in [0.717, 1.165) is 30.8 Å². The highest BCUT2D eigenvalue weighted by molar-refractivity contribution is 5.71. The van der Waals surface area contributed by atoms with Gasteiger partial charge in [0.2, 0.25) is 0 Å². The highest BCUT2D eigenvalue weighted by Crippen LogP contribution is 2.26. The molecule has 0 saturated heterocycles. The lowest BCUT2D eigenvalue weighted by molar-refractivity contribution is 0.111. The van der Waals surface area contributed by atoms with Gasteiger partial charge in [0.05, 0.1) is 12.3 Å². The maximum absolute atomic E-state index is 10.4. The van der Waals surface area contributed by atoms with E-state index in [2.05, 4.69) is 11.9 Å². The van der Waals surface area contributed by atoms with Gasteiger partial charge < -0.3 is 4.74 Å². The number of carbonyl (C=O) groups is 1. The molecule has 86 valence electrons. The van der Waals surface area contributed by atoms with Crippen molar-refractivity contribution < 1.29 is 9.53 Å². The molecule has 1 saturated carbocycles. The monoisotopic (exact) mass is 219 g/mol. The fourth-order valence-corrected chi connectivity index (χ4v) is 2.07. The number of rotatable bonds is 3. The summed E-state index contributed by atoms with van der Waals surface area (Å²) in [5, 5.41) is 0. The van der Waals surface area contributed by atoms with Crippen molar-refractivity contribution in [3.63, 3.8) is 0 Å². The Kier molecular flexibility index (Phi) is 3.54. The van der Waals surface area contributed by atoms with Gasteiger partial charge in [-0.15, -0.1) is 0 Å². The number of hydrogen-bond donors (Lipinski definition) is 0. The van der Waals surface area contributed by atoms with Crippen LogP contribution in [0.4, 0.5) is 0 Å². The minimum atomic E-state index is 0.320. The molecule has 2 rings (SSSR count). The molecule has 1 aromatic heterocycles. The van der Waals surface area contributed by atoms with Crippen molar-refractivity contribution in [2.24, 2.45) is 5.92 Å². The average Bonchev–Trinajstić information content (AvgIpc) is 2.33. The lowest BCUT2D eigenvalue weighted by Crippen LogP contribution is -2.23. The van der Waals surface area contributed by atoms with Gasteiger partial charge in [-0.3, -0.25) is 4.79 Å². The van der Waals surface area contributed by atoms with Crippen LogP contribution in [-0.2, 0) is 0 Å². The van der Waals surface area contributed by atoms with E-state index in [4.69, 9.17) is 4.74 Å². The first-order valence-electron chi connectivity index (χ1n) is 5.86. The highest BCUT2D eigenvalue weighted by atomic mass is 16.5. The van der Waals surface area contributed by atoms with Crippen LogP contribution in [0.3, 0.4) is 0 Å². The van der Waals surface area contributed by atoms with Crippen LogP contribution in [0.1, 0.15) is 43.1 Å². The fourth-order valence-electron chi connectivity index (χ4n) is 2.07. The first kappa shape index (κ1) is 11.1. The standard InChI is InChI=1S/C13H17NO2/c1-10-2-5-12(6-3-10)16-13-7-4-11(9-15)14-8-13/h4,7-10,12H,2-3,5-6H2,1H3. The molecular formula is C13H17NO2. The summed E-state index contributed by atoms with van der Waals surface area (Å²) in [6.45, 7) is 2.29. The van der Waals surface area contributed by atoms with Crippen LogP contribution in [-0.4, -0.2) is 17.4 Å². The van der Waals surface area contributed by atoms with Crippen molar-refractivity contribution >= 4 is 6.29 Å². The van der Waals surface area contributed by atoms with Gasteiger partial charge >= 0.3 is 0 Å². The molecule has 0 N–H and O–H groups in total. The lowest BCUT2D eigenvalue weighted by atomic mass is 9.89. The lowest BCUT2D eigenvalue weighted by Gasteiger charge is -2.26. The maximum Gasteiger partial charge on any atom is 0.168 e. The molecule has 0 bridgehead atoms. The third-order valence-electron chi connectivity index (χ3n) is 3.15. The second kappa shape index (κ2) is 5.10. The summed E-state index contributed by atoms with van der Waals surface area (Å²) in [4.78, 5) is 14.4. The Morgan fingerprint density at radius 3 is 2.62 bits per heavy atom. The van der Waals surface area contributed by atoms with Crippen LogP contribution in [0.25, 0.3) is 0 Å². The van der Waals surface area contributed by atoms with E-state index >= 15 is 0 Å². The van der Waals surface area contributed by atoms with Gasteiger partial charge in [0.25, 0.3) is 0 Å². The van der Waals surface area contributed by atoms with Crippen molar-refractivity contribution in [2.45, 2.75) is 38.7 Å². The quantitative estimate of drug-likeness (QED) is 0.734. The Bertz CT molecular complexity index is 339. The van der Waals surface area contributed by atoms with E-state index in [1.807, 2.05) is 6.07 Å². The summed E-state index contributed by atoms with van der Waals surface area (Å²) in [5.74, 6) is 1.60. The summed E-state index contributed by atoms with van der Waals surface area (Å²) in [6, 6.07) is 3.50. The molecule has 0 amide bonds. The molecule has 0 spiro atoms. The second-order valence-corrected chi connectivity index (χ2v) is 4.54. The zero-order valence-electron chi connectivity index (χ0n) is 9.56. The van der Waals surface area contributed by atoms with Crippen LogP contribution < -0.4 is 4.74 Å². The summed E-state index contributed by atoms with van der Waals surface area (Å²) in [5.41, 5.74) is 0.449. The van der Waals surface area contributed by atoms with Crippen molar-refractivity contribution in [3.8, 4) is 5.75 Å². The van der Waals surface area contributed by atoms with Crippen molar-refractivity contribution in [1.82, 2.24) is 4.98 Å². The third-order valence-corrected chi connectivity index (χ3v) is 3.15. The zero-order valence-corrected chi connectivity index (χ0v) is 9.56. The highest BCUT2D eigenvalue weighted by Gasteiger charge is 2.19. The Balaban J connectivity index is 1.91. The SMILES string of the molecule is CC1CCC(Oc2ccc(C=O)nc2)CC1. The normalized spacial score (nSPS) is 25.1. The van der Waals surface area contributed by atoms with E-state index in [1.165, 1.54) is 12.8 Å². The number of nitrogens with zero attached hydrogens (tertiary/aromatic N) is 1. The smallest absolute Gasteiger partial charge is 0.168 e. The van der Waals surface area contributed by atoms with Crippen LogP contribution in [0.15, 0.2) is 18.3 Å². The summed E-state index contributed by atoms with van der Waals surface area (Å²) < 4.78 is 5.82. The van der Waals surface area contributed by atoms with E-state index in [1.54, 1.807) is 12.3 Å². The van der Waals surface area contributed by atoms with Crippen molar-refractivity contribution in [2.75, 3.05) is 0 Å². The van der Waals surface area contributed by atoms with Gasteiger partial charge in [-0.1, -0.05) is 6.92 Å². The predicted molar refractivity (Wildman–Crippen MR) is 61.7 cm³/mol. The number of hydrogen-bond acceptors (Lipinski definition) is 3. The fraction of sp³-hybridized carbons (Fsp3) is 0.538. The van der Waals surface area contributed by atoms with Crippen molar-refractivity contribution in [3.05, 3.63) is 24.0 Å². The molecule has 1 aromatic rings. The first-order chi connectivity index (χ1) is 7.78. The third kappa shape index (κ3) is 2.81. The topological polar surface area (TPSA) is 39.2 Å². The zero-order chi connectivity index (χ0) is 11.4. The summed E-state index contributed by atoms with van der Waals surface area (Å²) in [7, 11) is 0. The molecule has 0 atom stereocenters. The van der Waals surface area contributed by atoms with Gasteiger partial charge in [-0.2, -0.15) is 0 Å². The molecule has 1 aliphatic rings. The molecular weight excluding hydrogens is 202 g/mol.